The first-order valence-corrected chi connectivity index (χ1v) is 8.05. The highest BCUT2D eigenvalue weighted by Gasteiger charge is 2.28. The van der Waals surface area contributed by atoms with Crippen LogP contribution in [0.4, 0.5) is 0 Å². The molecule has 2 aromatic rings. The normalized spacial score (nSPS) is 21.8. The predicted molar refractivity (Wildman–Crippen MR) is 84.3 cm³/mol. The first-order valence-electron chi connectivity index (χ1n) is 8.05. The Morgan fingerprint density at radius 1 is 1.38 bits per heavy atom. The maximum absolute atomic E-state index is 10.3. The molecule has 0 spiro atoms. The molecule has 1 saturated heterocycles. The molecule has 3 heterocycles. The summed E-state index contributed by atoms with van der Waals surface area (Å²) in [6.07, 6.45) is 6.25. The standard InChI is InChI=1S/C17H25N3O/c1-3-16(21)14-8-4-6-10-19(14)12-15-13(2)18-17-9-5-7-11-20(15)17/h5,7,9,11,14,16,21H,3-4,6,8,10,12H2,1-2H3/t14-,16+/m1/s1. The highest BCUT2D eigenvalue weighted by molar-refractivity contribution is 5.42. The summed E-state index contributed by atoms with van der Waals surface area (Å²) < 4.78 is 2.18. The number of hydrogen-bond donors (Lipinski definition) is 1. The molecule has 0 radical (unpaired) electrons. The van der Waals surface area contributed by atoms with Crippen LogP contribution >= 0.6 is 0 Å². The lowest BCUT2D eigenvalue weighted by Gasteiger charge is -2.38. The van der Waals surface area contributed by atoms with Crippen molar-refractivity contribution >= 4 is 5.65 Å². The first kappa shape index (κ1) is 14.5. The average molecular weight is 287 g/mol. The van der Waals surface area contributed by atoms with Crippen LogP contribution in [0.3, 0.4) is 0 Å². The van der Waals surface area contributed by atoms with Crippen LogP contribution in [0, 0.1) is 6.92 Å². The maximum Gasteiger partial charge on any atom is 0.137 e. The van der Waals surface area contributed by atoms with Gasteiger partial charge < -0.3 is 9.51 Å². The molecule has 0 bridgehead atoms. The van der Waals surface area contributed by atoms with E-state index in [1.54, 1.807) is 0 Å². The van der Waals surface area contributed by atoms with E-state index in [4.69, 9.17) is 0 Å². The van der Waals surface area contributed by atoms with Crippen LogP contribution in [-0.4, -0.2) is 38.1 Å². The summed E-state index contributed by atoms with van der Waals surface area (Å²) in [5.41, 5.74) is 3.35. The number of piperidine rings is 1. The van der Waals surface area contributed by atoms with E-state index in [1.165, 1.54) is 18.5 Å². The minimum absolute atomic E-state index is 0.218. The molecular formula is C17H25N3O. The Kier molecular flexibility index (Phi) is 4.27. The molecule has 0 saturated carbocycles. The fourth-order valence-corrected chi connectivity index (χ4v) is 3.47. The first-order chi connectivity index (χ1) is 10.2. The van der Waals surface area contributed by atoms with Gasteiger partial charge in [0.25, 0.3) is 0 Å². The van der Waals surface area contributed by atoms with Crippen molar-refractivity contribution in [2.75, 3.05) is 6.54 Å². The van der Waals surface area contributed by atoms with Gasteiger partial charge in [0.1, 0.15) is 5.65 Å². The third kappa shape index (κ3) is 2.83. The predicted octanol–water partition coefficient (Wildman–Crippen LogP) is 2.77. The summed E-state index contributed by atoms with van der Waals surface area (Å²) in [6, 6.07) is 6.41. The van der Waals surface area contributed by atoms with Crippen LogP contribution in [0.25, 0.3) is 5.65 Å². The minimum atomic E-state index is -0.218. The number of rotatable bonds is 4. The molecule has 3 rings (SSSR count). The molecule has 1 aliphatic heterocycles. The molecule has 2 atom stereocenters. The van der Waals surface area contributed by atoms with E-state index in [9.17, 15) is 5.11 Å². The number of aryl methyl sites for hydroxylation is 1. The number of imidazole rings is 1. The van der Waals surface area contributed by atoms with E-state index in [1.807, 2.05) is 18.2 Å². The summed E-state index contributed by atoms with van der Waals surface area (Å²) >= 11 is 0. The monoisotopic (exact) mass is 287 g/mol. The van der Waals surface area contributed by atoms with Crippen molar-refractivity contribution in [2.24, 2.45) is 0 Å². The Morgan fingerprint density at radius 3 is 3.05 bits per heavy atom. The summed E-state index contributed by atoms with van der Waals surface area (Å²) in [5, 5.41) is 10.3. The molecule has 2 aromatic heterocycles. The van der Waals surface area contributed by atoms with Crippen LogP contribution in [0.2, 0.25) is 0 Å². The number of hydrogen-bond acceptors (Lipinski definition) is 3. The second kappa shape index (κ2) is 6.16. The van der Waals surface area contributed by atoms with Crippen LogP contribution in [0.5, 0.6) is 0 Å². The van der Waals surface area contributed by atoms with Crippen molar-refractivity contribution in [1.29, 1.82) is 0 Å². The largest absolute Gasteiger partial charge is 0.392 e. The van der Waals surface area contributed by atoms with Crippen LogP contribution in [0.15, 0.2) is 24.4 Å². The molecule has 1 fully saturated rings. The lowest BCUT2D eigenvalue weighted by Crippen LogP contribution is -2.46. The Balaban J connectivity index is 1.87. The van der Waals surface area contributed by atoms with E-state index in [-0.39, 0.29) is 12.1 Å². The lowest BCUT2D eigenvalue weighted by molar-refractivity contribution is 0.0187. The van der Waals surface area contributed by atoms with Gasteiger partial charge in [-0.3, -0.25) is 4.90 Å². The van der Waals surface area contributed by atoms with E-state index < -0.39 is 0 Å². The van der Waals surface area contributed by atoms with Crippen molar-refractivity contribution in [3.8, 4) is 0 Å². The quantitative estimate of drug-likeness (QED) is 0.940. The van der Waals surface area contributed by atoms with Gasteiger partial charge in [0.15, 0.2) is 0 Å². The van der Waals surface area contributed by atoms with Crippen molar-refractivity contribution in [3.05, 3.63) is 35.8 Å². The number of aromatic nitrogens is 2. The van der Waals surface area contributed by atoms with Gasteiger partial charge in [-0.2, -0.15) is 0 Å². The Hall–Kier alpha value is -1.39. The summed E-state index contributed by atoms with van der Waals surface area (Å²) in [4.78, 5) is 7.09. The van der Waals surface area contributed by atoms with Gasteiger partial charge >= 0.3 is 0 Å². The SMILES string of the molecule is CC[C@H](O)[C@H]1CCCCN1Cc1c(C)nc2ccccn12. The summed E-state index contributed by atoms with van der Waals surface area (Å²) in [7, 11) is 0. The van der Waals surface area contributed by atoms with Gasteiger partial charge in [0.2, 0.25) is 0 Å². The van der Waals surface area contributed by atoms with Crippen LogP contribution in [-0.2, 0) is 6.54 Å². The number of nitrogens with zero attached hydrogens (tertiary/aromatic N) is 3. The van der Waals surface area contributed by atoms with E-state index in [2.05, 4.69) is 34.3 Å². The zero-order valence-corrected chi connectivity index (χ0v) is 13.0. The maximum atomic E-state index is 10.3. The lowest BCUT2D eigenvalue weighted by atomic mass is 9.95. The highest BCUT2D eigenvalue weighted by Crippen LogP contribution is 2.24. The Bertz CT molecular complexity index is 607. The molecule has 4 heteroatoms. The molecule has 21 heavy (non-hydrogen) atoms. The molecule has 114 valence electrons. The molecule has 0 aromatic carbocycles. The van der Waals surface area contributed by atoms with Gasteiger partial charge in [0, 0.05) is 18.8 Å². The third-order valence-corrected chi connectivity index (χ3v) is 4.71. The van der Waals surface area contributed by atoms with E-state index in [0.29, 0.717) is 0 Å². The van der Waals surface area contributed by atoms with Crippen LogP contribution < -0.4 is 0 Å². The molecule has 1 aliphatic rings. The van der Waals surface area contributed by atoms with Crippen molar-refractivity contribution in [3.63, 3.8) is 0 Å². The number of aliphatic hydroxyl groups is 1. The molecule has 4 nitrogen and oxygen atoms in total. The fraction of sp³-hybridized carbons (Fsp3) is 0.588. The van der Waals surface area contributed by atoms with Gasteiger partial charge in [0.05, 0.1) is 17.5 Å². The smallest absolute Gasteiger partial charge is 0.137 e. The second-order valence-corrected chi connectivity index (χ2v) is 6.08. The third-order valence-electron chi connectivity index (χ3n) is 4.71. The average Bonchev–Trinajstić information content (AvgIpc) is 2.83. The molecular weight excluding hydrogens is 262 g/mol. The van der Waals surface area contributed by atoms with Gasteiger partial charge in [-0.25, -0.2) is 4.98 Å². The van der Waals surface area contributed by atoms with Crippen LogP contribution in [0.1, 0.15) is 44.0 Å². The van der Waals surface area contributed by atoms with Crippen molar-refractivity contribution in [2.45, 2.75) is 58.2 Å². The zero-order chi connectivity index (χ0) is 14.8. The number of fused-ring (bicyclic) bond motifs is 1. The highest BCUT2D eigenvalue weighted by atomic mass is 16.3. The molecule has 1 N–H and O–H groups in total. The Morgan fingerprint density at radius 2 is 2.24 bits per heavy atom. The van der Waals surface area contributed by atoms with Crippen molar-refractivity contribution < 1.29 is 5.11 Å². The van der Waals surface area contributed by atoms with E-state index in [0.717, 1.165) is 37.3 Å². The summed E-state index contributed by atoms with van der Waals surface area (Å²) in [6.45, 7) is 6.09. The fourth-order valence-electron chi connectivity index (χ4n) is 3.47. The Labute approximate surface area is 126 Å². The minimum Gasteiger partial charge on any atom is -0.392 e. The number of likely N-dealkylation sites (tertiary alicyclic amines) is 1. The van der Waals surface area contributed by atoms with Gasteiger partial charge in [-0.15, -0.1) is 0 Å². The molecule has 0 aliphatic carbocycles. The number of pyridine rings is 1. The van der Waals surface area contributed by atoms with E-state index >= 15 is 0 Å². The van der Waals surface area contributed by atoms with Crippen molar-refractivity contribution in [1.82, 2.24) is 14.3 Å². The second-order valence-electron chi connectivity index (χ2n) is 6.08. The number of aliphatic hydroxyl groups excluding tert-OH is 1. The zero-order valence-electron chi connectivity index (χ0n) is 13.0. The molecule has 0 unspecified atom stereocenters. The summed E-state index contributed by atoms with van der Waals surface area (Å²) in [5.74, 6) is 0. The van der Waals surface area contributed by atoms with Gasteiger partial charge in [-0.05, 0) is 44.9 Å². The topological polar surface area (TPSA) is 40.8 Å². The van der Waals surface area contributed by atoms with Gasteiger partial charge in [-0.1, -0.05) is 19.4 Å². The molecule has 0 amide bonds.